The van der Waals surface area contributed by atoms with Crippen LogP contribution in [0.1, 0.15) is 58.2 Å². The van der Waals surface area contributed by atoms with Crippen LogP contribution in [0.15, 0.2) is 213 Å². The Morgan fingerprint density at radius 2 is 1.18 bits per heavy atom. The molecule has 1 spiro atoms. The molecule has 1 aliphatic heterocycles. The second-order valence-corrected chi connectivity index (χ2v) is 18.6. The lowest BCUT2D eigenvalue weighted by atomic mass is 9.66. The molecule has 1 unspecified atom stereocenters. The maximum Gasteiger partial charge on any atom is 0.134 e. The third-order valence-electron chi connectivity index (χ3n) is 15.2. The van der Waals surface area contributed by atoms with E-state index in [1.165, 1.54) is 116 Å². The summed E-state index contributed by atoms with van der Waals surface area (Å²) in [6.45, 7) is 4.39. The molecule has 0 aromatic heterocycles. The number of fused-ring (bicyclic) bond motifs is 15. The van der Waals surface area contributed by atoms with Crippen molar-refractivity contribution in [3.05, 3.63) is 252 Å². The van der Waals surface area contributed by atoms with Crippen LogP contribution in [0, 0.1) is 0 Å². The molecule has 0 saturated heterocycles. The number of benzene rings is 9. The third kappa shape index (κ3) is 5.23. The van der Waals surface area contributed by atoms with Crippen molar-refractivity contribution in [3.63, 3.8) is 0 Å². The lowest BCUT2D eigenvalue weighted by Crippen LogP contribution is -2.28. The minimum atomic E-state index is -0.354. The van der Waals surface area contributed by atoms with Gasteiger partial charge in [-0.15, -0.1) is 0 Å². The van der Waals surface area contributed by atoms with Gasteiger partial charge in [-0.05, 0) is 195 Å². The minimum absolute atomic E-state index is 0.354. The van der Waals surface area contributed by atoms with Crippen LogP contribution >= 0.6 is 0 Å². The van der Waals surface area contributed by atoms with Crippen LogP contribution in [-0.2, 0) is 11.8 Å². The van der Waals surface area contributed by atoms with E-state index in [2.05, 4.69) is 189 Å². The summed E-state index contributed by atoms with van der Waals surface area (Å²) in [6.07, 6.45) is 21.7. The molecule has 0 radical (unpaired) electrons. The van der Waals surface area contributed by atoms with Crippen LogP contribution in [0.5, 0.6) is 5.75 Å². The Hall–Kier alpha value is -8.00. The van der Waals surface area contributed by atoms with Crippen molar-refractivity contribution >= 4 is 49.5 Å². The fourth-order valence-corrected chi connectivity index (χ4v) is 12.4. The Kier molecular flexibility index (Phi) is 8.07. The SMILES string of the molecule is C=C1/C=C\C=C/Oc2ccc(-c3c4ccccc4c(-c4cccc(-c5ccc6cc7c(cc6c5)C5(C6=C(CCC=C6)c6ccccc65)c5c-7ccc6c5C=CCC6)c4)c4ccccc34)cc21. The van der Waals surface area contributed by atoms with E-state index in [-0.39, 0.29) is 5.41 Å². The van der Waals surface area contributed by atoms with E-state index in [0.717, 1.165) is 48.1 Å². The van der Waals surface area contributed by atoms with Crippen LogP contribution < -0.4 is 4.74 Å². The monoisotopic (exact) mass is 840 g/mol. The zero-order chi connectivity index (χ0) is 43.5. The highest BCUT2D eigenvalue weighted by atomic mass is 16.5. The highest BCUT2D eigenvalue weighted by molar-refractivity contribution is 6.21. The maximum atomic E-state index is 6.02. The second kappa shape index (κ2) is 14.3. The zero-order valence-corrected chi connectivity index (χ0v) is 36.6. The first-order valence-corrected chi connectivity index (χ1v) is 23.4. The van der Waals surface area contributed by atoms with Crippen molar-refractivity contribution in [3.8, 4) is 50.3 Å². The number of aryl methyl sites for hydroxylation is 1. The number of hydrogen-bond acceptors (Lipinski definition) is 1. The molecule has 66 heavy (non-hydrogen) atoms. The molecule has 1 heteroatoms. The molecule has 14 rings (SSSR count). The van der Waals surface area contributed by atoms with Gasteiger partial charge in [0.05, 0.1) is 11.7 Å². The molecule has 1 heterocycles. The van der Waals surface area contributed by atoms with Gasteiger partial charge in [0.25, 0.3) is 0 Å². The first-order chi connectivity index (χ1) is 32.6. The summed E-state index contributed by atoms with van der Waals surface area (Å²) in [4.78, 5) is 0. The average molecular weight is 841 g/mol. The largest absolute Gasteiger partial charge is 0.464 e. The first-order valence-electron chi connectivity index (χ1n) is 23.4. The average Bonchev–Trinajstić information content (AvgIpc) is 3.83. The van der Waals surface area contributed by atoms with Crippen molar-refractivity contribution in [2.45, 2.75) is 31.1 Å². The van der Waals surface area contributed by atoms with Crippen molar-refractivity contribution in [1.82, 2.24) is 0 Å². The molecule has 1 nitrogen and oxygen atoms in total. The normalized spacial score (nSPS) is 18.3. The molecule has 1 atom stereocenters. The smallest absolute Gasteiger partial charge is 0.134 e. The predicted molar refractivity (Wildman–Crippen MR) is 278 cm³/mol. The summed E-state index contributed by atoms with van der Waals surface area (Å²) in [5.74, 6) is 0.807. The van der Waals surface area contributed by atoms with Gasteiger partial charge < -0.3 is 4.74 Å². The van der Waals surface area contributed by atoms with Crippen molar-refractivity contribution < 1.29 is 4.74 Å². The highest BCUT2D eigenvalue weighted by Gasteiger charge is 2.53. The summed E-state index contributed by atoms with van der Waals surface area (Å²) in [5, 5.41) is 7.44. The Morgan fingerprint density at radius 3 is 2.02 bits per heavy atom. The fraction of sp³-hybridized carbons (Fsp3) is 0.0769. The molecule has 0 fully saturated rings. The predicted octanol–water partition coefficient (Wildman–Crippen LogP) is 17.0. The molecule has 9 aromatic carbocycles. The van der Waals surface area contributed by atoms with Gasteiger partial charge in [0.15, 0.2) is 0 Å². The Bertz CT molecular complexity index is 3750. The fourth-order valence-electron chi connectivity index (χ4n) is 12.4. The lowest BCUT2D eigenvalue weighted by Gasteiger charge is -2.34. The van der Waals surface area contributed by atoms with E-state index >= 15 is 0 Å². The van der Waals surface area contributed by atoms with Crippen molar-refractivity contribution in [2.75, 3.05) is 0 Å². The van der Waals surface area contributed by atoms with Gasteiger partial charge in [-0.3, -0.25) is 0 Å². The number of ether oxygens (including phenoxy) is 1. The van der Waals surface area contributed by atoms with Gasteiger partial charge in [0.2, 0.25) is 0 Å². The number of hydrogen-bond donors (Lipinski definition) is 0. The standard InChI is InChI=1S/C65H44O/c1-40-15-12-13-34-66-61-33-31-46(38-56(40)61)63-53-24-6-4-22-51(53)62(52-23-5-7-25-54(52)63)45-18-14-17-42(35-45)43-28-29-44-37-57-55-32-30-41-16-2-3-19-48(41)64(55)65(60(57)39-47(44)36-43)58-26-10-8-20-49(58)50-21-9-11-27-59(50)65/h3-8,10-15,17-20,22-39H,1-2,9,16,21H2/b15-12-,34-13-. The Morgan fingerprint density at radius 1 is 0.470 bits per heavy atom. The molecule has 0 bridgehead atoms. The Balaban J connectivity index is 0.942. The molecule has 0 amide bonds. The number of rotatable bonds is 3. The van der Waals surface area contributed by atoms with E-state index in [0.29, 0.717) is 0 Å². The van der Waals surface area contributed by atoms with Crippen LogP contribution in [0.3, 0.4) is 0 Å². The molecule has 9 aromatic rings. The van der Waals surface area contributed by atoms with Crippen molar-refractivity contribution in [2.24, 2.45) is 0 Å². The molecular formula is C65H44O. The zero-order valence-electron chi connectivity index (χ0n) is 36.6. The maximum absolute atomic E-state index is 6.02. The van der Waals surface area contributed by atoms with Gasteiger partial charge in [-0.1, -0.05) is 164 Å². The summed E-state index contributed by atoms with van der Waals surface area (Å²) in [7, 11) is 0. The van der Waals surface area contributed by atoms with Gasteiger partial charge in [-0.2, -0.15) is 0 Å². The van der Waals surface area contributed by atoms with E-state index in [9.17, 15) is 0 Å². The lowest BCUT2D eigenvalue weighted by molar-refractivity contribution is 0.479. The summed E-state index contributed by atoms with van der Waals surface area (Å²) in [5.41, 5.74) is 23.2. The van der Waals surface area contributed by atoms with E-state index in [1.54, 1.807) is 6.26 Å². The molecule has 0 saturated carbocycles. The minimum Gasteiger partial charge on any atom is -0.464 e. The molecular weight excluding hydrogens is 797 g/mol. The molecule has 5 aliphatic rings. The first kappa shape index (κ1) is 37.4. The quantitative estimate of drug-likeness (QED) is 0.161. The second-order valence-electron chi connectivity index (χ2n) is 18.6. The third-order valence-corrected chi connectivity index (χ3v) is 15.2. The number of allylic oxidation sites excluding steroid dienone is 9. The van der Waals surface area contributed by atoms with Gasteiger partial charge in [0.1, 0.15) is 5.75 Å². The molecule has 0 N–H and O–H groups in total. The van der Waals surface area contributed by atoms with E-state index in [1.807, 2.05) is 18.2 Å². The summed E-state index contributed by atoms with van der Waals surface area (Å²) < 4.78 is 6.02. The topological polar surface area (TPSA) is 9.23 Å². The van der Waals surface area contributed by atoms with Gasteiger partial charge in [0, 0.05) is 5.56 Å². The Labute approximate surface area is 385 Å². The van der Waals surface area contributed by atoms with Crippen LogP contribution in [0.25, 0.3) is 94.0 Å². The van der Waals surface area contributed by atoms with E-state index in [4.69, 9.17) is 4.74 Å². The van der Waals surface area contributed by atoms with Crippen molar-refractivity contribution in [1.29, 1.82) is 0 Å². The highest BCUT2D eigenvalue weighted by Crippen LogP contribution is 2.65. The van der Waals surface area contributed by atoms with E-state index < -0.39 is 0 Å². The molecule has 310 valence electrons. The van der Waals surface area contributed by atoms with Crippen LogP contribution in [0.2, 0.25) is 0 Å². The summed E-state index contributed by atoms with van der Waals surface area (Å²) in [6, 6.07) is 59.8. The van der Waals surface area contributed by atoms with Gasteiger partial charge in [-0.25, -0.2) is 0 Å². The van der Waals surface area contributed by atoms with Crippen LogP contribution in [0.4, 0.5) is 0 Å². The molecule has 4 aliphatic carbocycles. The summed E-state index contributed by atoms with van der Waals surface area (Å²) >= 11 is 0. The van der Waals surface area contributed by atoms with Gasteiger partial charge >= 0.3 is 0 Å². The van der Waals surface area contributed by atoms with Crippen LogP contribution in [-0.4, -0.2) is 0 Å².